The molecule has 1 saturated heterocycles. The maximum atomic E-state index is 5.46. The van der Waals surface area contributed by atoms with Crippen LogP contribution < -0.4 is 5.73 Å². The van der Waals surface area contributed by atoms with E-state index in [9.17, 15) is 0 Å². The van der Waals surface area contributed by atoms with Crippen LogP contribution in [-0.4, -0.2) is 31.6 Å². The van der Waals surface area contributed by atoms with Gasteiger partial charge in [-0.25, -0.2) is 0 Å². The molecule has 1 aliphatic heterocycles. The number of unbranched alkanes of at least 4 members (excludes halogenated alkanes) is 1. The predicted molar refractivity (Wildman–Crippen MR) is 53.1 cm³/mol. The lowest BCUT2D eigenvalue weighted by atomic mass is 9.92. The number of nitrogens with zero attached hydrogens (tertiary/aromatic N) is 1. The molecule has 0 aliphatic carbocycles. The van der Waals surface area contributed by atoms with Crippen molar-refractivity contribution in [1.82, 2.24) is 4.90 Å². The molecule has 0 aromatic rings. The molecule has 1 heterocycles. The number of likely N-dealkylation sites (tertiary alicyclic amines) is 1. The molecule has 2 heteroatoms. The summed E-state index contributed by atoms with van der Waals surface area (Å²) < 4.78 is 0. The minimum atomic E-state index is 0.868. The van der Waals surface area contributed by atoms with Crippen molar-refractivity contribution < 1.29 is 0 Å². The largest absolute Gasteiger partial charge is 0.330 e. The predicted octanol–water partition coefficient (Wildman–Crippen LogP) is 1.46. The van der Waals surface area contributed by atoms with Crippen molar-refractivity contribution in [2.24, 2.45) is 11.7 Å². The molecule has 0 amide bonds. The summed E-state index contributed by atoms with van der Waals surface area (Å²) in [5.74, 6) is 0.993. The van der Waals surface area contributed by atoms with E-state index in [0.29, 0.717) is 0 Å². The number of nitrogens with two attached hydrogens (primary N) is 1. The van der Waals surface area contributed by atoms with Crippen LogP contribution in [0, 0.1) is 5.92 Å². The molecular formula is C10H22N2. The molecule has 2 N–H and O–H groups in total. The van der Waals surface area contributed by atoms with Crippen molar-refractivity contribution >= 4 is 0 Å². The Kier molecular flexibility index (Phi) is 4.62. The second kappa shape index (κ2) is 5.55. The average molecular weight is 170 g/mol. The molecular weight excluding hydrogens is 148 g/mol. The summed E-state index contributed by atoms with van der Waals surface area (Å²) in [5.41, 5.74) is 5.46. The Bertz CT molecular complexity index is 106. The Hall–Kier alpha value is -0.0800. The summed E-state index contributed by atoms with van der Waals surface area (Å²) in [6, 6.07) is 0. The molecule has 2 nitrogen and oxygen atoms in total. The first-order valence-electron chi connectivity index (χ1n) is 5.21. The van der Waals surface area contributed by atoms with Gasteiger partial charge in [0.2, 0.25) is 0 Å². The topological polar surface area (TPSA) is 29.3 Å². The van der Waals surface area contributed by atoms with Crippen LogP contribution >= 0.6 is 0 Å². The summed E-state index contributed by atoms with van der Waals surface area (Å²) in [7, 11) is 2.22. The van der Waals surface area contributed by atoms with Gasteiger partial charge in [0.15, 0.2) is 0 Å². The van der Waals surface area contributed by atoms with E-state index in [1.165, 1.54) is 45.2 Å². The highest BCUT2D eigenvalue weighted by atomic mass is 15.1. The van der Waals surface area contributed by atoms with Gasteiger partial charge < -0.3 is 10.6 Å². The molecule has 0 unspecified atom stereocenters. The van der Waals surface area contributed by atoms with Crippen molar-refractivity contribution in [1.29, 1.82) is 0 Å². The van der Waals surface area contributed by atoms with Gasteiger partial charge in [-0.15, -0.1) is 0 Å². The SMILES string of the molecule is CN1CCC(CCCCN)CC1. The second-order valence-corrected chi connectivity index (χ2v) is 4.03. The molecule has 12 heavy (non-hydrogen) atoms. The number of rotatable bonds is 4. The first-order chi connectivity index (χ1) is 5.83. The first kappa shape index (κ1) is 10.0. The lowest BCUT2D eigenvalue weighted by Crippen LogP contribution is -2.30. The van der Waals surface area contributed by atoms with Gasteiger partial charge in [-0.1, -0.05) is 12.8 Å². The molecule has 0 radical (unpaired) electrons. The van der Waals surface area contributed by atoms with E-state index in [2.05, 4.69) is 11.9 Å². The summed E-state index contributed by atoms with van der Waals surface area (Å²) in [6.07, 6.45) is 6.77. The van der Waals surface area contributed by atoms with Crippen molar-refractivity contribution in [2.75, 3.05) is 26.7 Å². The van der Waals surface area contributed by atoms with E-state index in [1.807, 2.05) is 0 Å². The Morgan fingerprint density at radius 1 is 1.25 bits per heavy atom. The van der Waals surface area contributed by atoms with Crippen LogP contribution in [0.2, 0.25) is 0 Å². The van der Waals surface area contributed by atoms with Gasteiger partial charge in [-0.2, -0.15) is 0 Å². The van der Waals surface area contributed by atoms with Crippen LogP contribution in [0.3, 0.4) is 0 Å². The Balaban J connectivity index is 2.01. The van der Waals surface area contributed by atoms with Crippen LogP contribution in [0.5, 0.6) is 0 Å². The van der Waals surface area contributed by atoms with E-state index >= 15 is 0 Å². The lowest BCUT2D eigenvalue weighted by molar-refractivity contribution is 0.210. The van der Waals surface area contributed by atoms with Crippen LogP contribution in [0.1, 0.15) is 32.1 Å². The Morgan fingerprint density at radius 2 is 1.92 bits per heavy atom. The molecule has 0 bridgehead atoms. The molecule has 1 rings (SSSR count). The van der Waals surface area contributed by atoms with Gasteiger partial charge in [0.1, 0.15) is 0 Å². The van der Waals surface area contributed by atoms with E-state index in [1.54, 1.807) is 0 Å². The zero-order valence-electron chi connectivity index (χ0n) is 8.26. The fourth-order valence-corrected chi connectivity index (χ4v) is 1.93. The number of hydrogen-bond acceptors (Lipinski definition) is 2. The van der Waals surface area contributed by atoms with E-state index < -0.39 is 0 Å². The number of piperidine rings is 1. The van der Waals surface area contributed by atoms with Gasteiger partial charge >= 0.3 is 0 Å². The minimum absolute atomic E-state index is 0.868. The molecule has 0 spiro atoms. The highest BCUT2D eigenvalue weighted by molar-refractivity contribution is 4.69. The molecule has 1 fully saturated rings. The maximum absolute atomic E-state index is 5.46. The van der Waals surface area contributed by atoms with Crippen LogP contribution in [0.15, 0.2) is 0 Å². The standard InChI is InChI=1S/C10H22N2/c1-12-8-5-10(6-9-12)4-2-3-7-11/h10H,2-9,11H2,1H3. The Labute approximate surface area is 76.1 Å². The fraction of sp³-hybridized carbons (Fsp3) is 1.00. The lowest BCUT2D eigenvalue weighted by Gasteiger charge is -2.28. The monoisotopic (exact) mass is 170 g/mol. The van der Waals surface area contributed by atoms with E-state index in [-0.39, 0.29) is 0 Å². The highest BCUT2D eigenvalue weighted by Gasteiger charge is 2.15. The third-order valence-corrected chi connectivity index (χ3v) is 2.90. The Morgan fingerprint density at radius 3 is 2.50 bits per heavy atom. The second-order valence-electron chi connectivity index (χ2n) is 4.03. The molecule has 0 aromatic heterocycles. The molecule has 1 aliphatic rings. The smallest absolute Gasteiger partial charge is 0.00191 e. The summed E-state index contributed by atoms with van der Waals surface area (Å²) in [5, 5.41) is 0. The van der Waals surface area contributed by atoms with Gasteiger partial charge in [-0.3, -0.25) is 0 Å². The minimum Gasteiger partial charge on any atom is -0.330 e. The quantitative estimate of drug-likeness (QED) is 0.647. The third-order valence-electron chi connectivity index (χ3n) is 2.90. The van der Waals surface area contributed by atoms with E-state index in [4.69, 9.17) is 5.73 Å². The van der Waals surface area contributed by atoms with Gasteiger partial charge in [0.05, 0.1) is 0 Å². The van der Waals surface area contributed by atoms with Crippen molar-refractivity contribution in [2.45, 2.75) is 32.1 Å². The summed E-state index contributed by atoms with van der Waals surface area (Å²) >= 11 is 0. The number of hydrogen-bond donors (Lipinski definition) is 1. The molecule has 0 aromatic carbocycles. The van der Waals surface area contributed by atoms with E-state index in [0.717, 1.165) is 12.5 Å². The normalized spacial score (nSPS) is 21.5. The zero-order valence-corrected chi connectivity index (χ0v) is 8.26. The molecule has 72 valence electrons. The van der Waals surface area contributed by atoms with Crippen molar-refractivity contribution in [3.63, 3.8) is 0 Å². The first-order valence-corrected chi connectivity index (χ1v) is 5.21. The van der Waals surface area contributed by atoms with Gasteiger partial charge in [-0.05, 0) is 51.9 Å². The summed E-state index contributed by atoms with van der Waals surface area (Å²) in [6.45, 7) is 3.47. The van der Waals surface area contributed by atoms with Crippen LogP contribution in [-0.2, 0) is 0 Å². The molecule has 0 saturated carbocycles. The van der Waals surface area contributed by atoms with Crippen molar-refractivity contribution in [3.8, 4) is 0 Å². The maximum Gasteiger partial charge on any atom is -0.00191 e. The van der Waals surface area contributed by atoms with Crippen molar-refractivity contribution in [3.05, 3.63) is 0 Å². The fourth-order valence-electron chi connectivity index (χ4n) is 1.93. The zero-order chi connectivity index (χ0) is 8.81. The molecule has 0 atom stereocenters. The van der Waals surface area contributed by atoms with Crippen LogP contribution in [0.25, 0.3) is 0 Å². The van der Waals surface area contributed by atoms with Crippen LogP contribution in [0.4, 0.5) is 0 Å². The third kappa shape index (κ3) is 3.55. The summed E-state index contributed by atoms with van der Waals surface area (Å²) in [4.78, 5) is 2.43. The highest BCUT2D eigenvalue weighted by Crippen LogP contribution is 2.21. The van der Waals surface area contributed by atoms with Gasteiger partial charge in [0, 0.05) is 0 Å². The average Bonchev–Trinajstić information content (AvgIpc) is 2.09. The van der Waals surface area contributed by atoms with Gasteiger partial charge in [0.25, 0.3) is 0 Å².